The van der Waals surface area contributed by atoms with Gasteiger partial charge in [0, 0.05) is 5.56 Å². The van der Waals surface area contributed by atoms with Crippen LogP contribution in [0.1, 0.15) is 45.2 Å². The molecular formula is C23H19N3O4S. The molecule has 7 nitrogen and oxygen atoms in total. The number of carbonyl (C=O) groups is 1. The van der Waals surface area contributed by atoms with Gasteiger partial charge in [0.2, 0.25) is 10.9 Å². The van der Waals surface area contributed by atoms with Crippen LogP contribution in [0, 0.1) is 6.92 Å². The summed E-state index contributed by atoms with van der Waals surface area (Å²) in [5.74, 6) is 0.192. The number of rotatable bonds is 4. The number of methoxy groups -OCH3 is 1. The molecule has 31 heavy (non-hydrogen) atoms. The van der Waals surface area contributed by atoms with E-state index in [-0.39, 0.29) is 11.2 Å². The number of hydrogen-bond donors (Lipinski definition) is 0. The molecule has 3 heterocycles. The van der Waals surface area contributed by atoms with Crippen LogP contribution in [0.15, 0.2) is 51.7 Å². The van der Waals surface area contributed by atoms with Crippen LogP contribution in [0.5, 0.6) is 5.75 Å². The summed E-state index contributed by atoms with van der Waals surface area (Å²) in [7, 11) is 1.56. The van der Waals surface area contributed by atoms with Crippen molar-refractivity contribution in [1.29, 1.82) is 0 Å². The molecule has 1 unspecified atom stereocenters. The number of aromatic nitrogens is 2. The van der Waals surface area contributed by atoms with Gasteiger partial charge in [-0.3, -0.25) is 14.5 Å². The van der Waals surface area contributed by atoms with E-state index >= 15 is 0 Å². The van der Waals surface area contributed by atoms with E-state index < -0.39 is 11.9 Å². The van der Waals surface area contributed by atoms with E-state index in [1.165, 1.54) is 16.2 Å². The van der Waals surface area contributed by atoms with Gasteiger partial charge in [-0.05, 0) is 31.5 Å². The Bertz CT molecular complexity index is 1390. The fraction of sp³-hybridized carbons (Fsp3) is 0.217. The number of fused-ring (bicyclic) bond motifs is 2. The highest BCUT2D eigenvalue weighted by molar-refractivity contribution is 7.15. The second-order valence-corrected chi connectivity index (χ2v) is 8.37. The topological polar surface area (TPSA) is 85.5 Å². The monoisotopic (exact) mass is 433 g/mol. The number of benzene rings is 2. The largest absolute Gasteiger partial charge is 0.496 e. The van der Waals surface area contributed by atoms with Gasteiger partial charge in [-0.15, -0.1) is 10.2 Å². The van der Waals surface area contributed by atoms with Crippen molar-refractivity contribution in [3.63, 3.8) is 0 Å². The molecule has 156 valence electrons. The molecule has 1 atom stereocenters. The average molecular weight is 433 g/mol. The SMILES string of the molecule is CCc1nnc(N2C(=O)c3oc4ccc(C)cc4c(=O)c3C2c2ccccc2OC)s1. The molecule has 8 heteroatoms. The summed E-state index contributed by atoms with van der Waals surface area (Å²) >= 11 is 1.33. The predicted molar refractivity (Wildman–Crippen MR) is 118 cm³/mol. The van der Waals surface area contributed by atoms with Gasteiger partial charge in [0.1, 0.15) is 22.4 Å². The lowest BCUT2D eigenvalue weighted by Gasteiger charge is -2.23. The summed E-state index contributed by atoms with van der Waals surface area (Å²) < 4.78 is 11.5. The van der Waals surface area contributed by atoms with Crippen LogP contribution in [0.25, 0.3) is 11.0 Å². The van der Waals surface area contributed by atoms with Gasteiger partial charge < -0.3 is 9.15 Å². The number of anilines is 1. The first-order valence-corrected chi connectivity index (χ1v) is 10.7. The van der Waals surface area contributed by atoms with Gasteiger partial charge in [-0.2, -0.15) is 0 Å². The van der Waals surface area contributed by atoms with Crippen LogP contribution >= 0.6 is 11.3 Å². The number of amides is 1. The van der Waals surface area contributed by atoms with Gasteiger partial charge in [0.15, 0.2) is 5.43 Å². The first kappa shape index (κ1) is 19.4. The standard InChI is InChI=1S/C23H19N3O4S/c1-4-17-24-25-23(31-17)26-19(13-7-5-6-8-15(13)29-3)18-20(27)14-11-12(2)9-10-16(14)30-21(18)22(26)28/h5-11,19H,4H2,1-3H3. The third-order valence-corrected chi connectivity index (χ3v) is 6.49. The van der Waals surface area contributed by atoms with E-state index in [0.717, 1.165) is 10.6 Å². The molecule has 0 radical (unpaired) electrons. The first-order valence-electron chi connectivity index (χ1n) is 9.89. The van der Waals surface area contributed by atoms with Crippen molar-refractivity contribution in [2.45, 2.75) is 26.3 Å². The Morgan fingerprint density at radius 2 is 1.97 bits per heavy atom. The van der Waals surface area contributed by atoms with Crippen molar-refractivity contribution in [2.75, 3.05) is 12.0 Å². The van der Waals surface area contributed by atoms with Crippen LogP contribution in [0.3, 0.4) is 0 Å². The van der Waals surface area contributed by atoms with E-state index in [2.05, 4.69) is 10.2 Å². The predicted octanol–water partition coefficient (Wildman–Crippen LogP) is 4.27. The molecule has 0 saturated heterocycles. The molecule has 1 aliphatic heterocycles. The zero-order valence-corrected chi connectivity index (χ0v) is 18.0. The van der Waals surface area contributed by atoms with E-state index in [1.807, 2.05) is 38.1 Å². The van der Waals surface area contributed by atoms with Crippen LogP contribution in [0.4, 0.5) is 5.13 Å². The molecule has 2 aromatic heterocycles. The minimum atomic E-state index is -0.725. The van der Waals surface area contributed by atoms with Crippen molar-refractivity contribution in [1.82, 2.24) is 10.2 Å². The lowest BCUT2D eigenvalue weighted by molar-refractivity contribution is 0.0970. The van der Waals surface area contributed by atoms with Crippen LogP contribution in [-0.2, 0) is 6.42 Å². The Balaban J connectivity index is 1.83. The molecule has 0 aliphatic carbocycles. The highest BCUT2D eigenvalue weighted by Gasteiger charge is 2.46. The molecule has 1 aliphatic rings. The van der Waals surface area contributed by atoms with Crippen LogP contribution < -0.4 is 15.1 Å². The summed E-state index contributed by atoms with van der Waals surface area (Å²) in [6, 6.07) is 12.0. The Kier molecular flexibility index (Phi) is 4.59. The molecule has 0 saturated carbocycles. The zero-order chi connectivity index (χ0) is 21.7. The van der Waals surface area contributed by atoms with E-state index in [9.17, 15) is 9.59 Å². The number of para-hydroxylation sites is 1. The van der Waals surface area contributed by atoms with Crippen LogP contribution in [0.2, 0.25) is 0 Å². The molecule has 4 aromatic rings. The summed E-state index contributed by atoms with van der Waals surface area (Å²) in [5, 5.41) is 10.1. The van der Waals surface area contributed by atoms with E-state index in [4.69, 9.17) is 9.15 Å². The molecule has 0 bridgehead atoms. The fourth-order valence-electron chi connectivity index (χ4n) is 3.96. The van der Waals surface area contributed by atoms with Gasteiger partial charge in [0.25, 0.3) is 5.91 Å². The maximum Gasteiger partial charge on any atom is 0.297 e. The second-order valence-electron chi connectivity index (χ2n) is 7.33. The maximum absolute atomic E-state index is 13.6. The minimum absolute atomic E-state index is 0.0329. The quantitative estimate of drug-likeness (QED) is 0.478. The van der Waals surface area contributed by atoms with Gasteiger partial charge in [-0.25, -0.2) is 0 Å². The van der Waals surface area contributed by atoms with Crippen molar-refractivity contribution in [2.24, 2.45) is 0 Å². The van der Waals surface area contributed by atoms with Gasteiger partial charge in [0.05, 0.1) is 18.1 Å². The normalized spacial score (nSPS) is 15.5. The number of aryl methyl sites for hydroxylation is 2. The van der Waals surface area contributed by atoms with Crippen molar-refractivity contribution in [3.05, 3.63) is 80.1 Å². The van der Waals surface area contributed by atoms with Gasteiger partial charge in [-0.1, -0.05) is 48.1 Å². The van der Waals surface area contributed by atoms with Crippen LogP contribution in [-0.4, -0.2) is 23.2 Å². The highest BCUT2D eigenvalue weighted by Crippen LogP contribution is 2.44. The van der Waals surface area contributed by atoms with Crippen molar-refractivity contribution in [3.8, 4) is 5.75 Å². The Morgan fingerprint density at radius 1 is 1.16 bits per heavy atom. The lowest BCUT2D eigenvalue weighted by Crippen LogP contribution is -2.29. The zero-order valence-electron chi connectivity index (χ0n) is 17.2. The summed E-state index contributed by atoms with van der Waals surface area (Å²) in [5.41, 5.74) is 2.07. The van der Waals surface area contributed by atoms with E-state index in [1.54, 1.807) is 25.3 Å². The summed E-state index contributed by atoms with van der Waals surface area (Å²) in [6.45, 7) is 3.89. The summed E-state index contributed by atoms with van der Waals surface area (Å²) in [4.78, 5) is 28.7. The average Bonchev–Trinajstić information content (AvgIpc) is 3.37. The Morgan fingerprint density at radius 3 is 2.71 bits per heavy atom. The number of nitrogens with zero attached hydrogens (tertiary/aromatic N) is 3. The smallest absolute Gasteiger partial charge is 0.297 e. The maximum atomic E-state index is 13.6. The number of carbonyl (C=O) groups excluding carboxylic acids is 1. The van der Waals surface area contributed by atoms with Crippen molar-refractivity contribution >= 4 is 33.3 Å². The molecule has 0 fully saturated rings. The fourth-order valence-corrected chi connectivity index (χ4v) is 4.76. The van der Waals surface area contributed by atoms with E-state index in [0.29, 0.717) is 39.4 Å². The molecule has 1 amide bonds. The first-order chi connectivity index (χ1) is 15.0. The third kappa shape index (κ3) is 2.94. The highest BCUT2D eigenvalue weighted by atomic mass is 32.1. The molecular weight excluding hydrogens is 414 g/mol. The Labute approximate surface area is 181 Å². The molecule has 0 N–H and O–H groups in total. The molecule has 0 spiro atoms. The second kappa shape index (κ2) is 7.31. The Hall–Kier alpha value is -3.52. The lowest BCUT2D eigenvalue weighted by atomic mass is 9.97. The summed E-state index contributed by atoms with van der Waals surface area (Å²) in [6.07, 6.45) is 0.701. The number of ether oxygens (including phenoxy) is 1. The van der Waals surface area contributed by atoms with Gasteiger partial charge >= 0.3 is 0 Å². The van der Waals surface area contributed by atoms with Crippen molar-refractivity contribution < 1.29 is 13.9 Å². The third-order valence-electron chi connectivity index (χ3n) is 5.42. The molecule has 2 aromatic carbocycles. The molecule has 5 rings (SSSR count). The number of hydrogen-bond acceptors (Lipinski definition) is 7. The minimum Gasteiger partial charge on any atom is -0.496 e.